The molecular formula is C25H33ClFN3O4. The van der Waals surface area contributed by atoms with Gasteiger partial charge in [-0.05, 0) is 62.1 Å². The van der Waals surface area contributed by atoms with Crippen molar-refractivity contribution < 1.29 is 23.8 Å². The molecule has 0 spiro atoms. The Morgan fingerprint density at radius 2 is 1.97 bits per heavy atom. The van der Waals surface area contributed by atoms with Crippen molar-refractivity contribution in [3.63, 3.8) is 0 Å². The van der Waals surface area contributed by atoms with E-state index in [1.165, 1.54) is 6.07 Å². The number of nitrogens with one attached hydrogen (secondary N) is 2. The van der Waals surface area contributed by atoms with Crippen LogP contribution in [-0.4, -0.2) is 49.8 Å². The van der Waals surface area contributed by atoms with Crippen LogP contribution in [0.2, 0.25) is 5.02 Å². The molecule has 7 nitrogen and oxygen atoms in total. The maximum absolute atomic E-state index is 13.9. The molecule has 1 saturated heterocycles. The van der Waals surface area contributed by atoms with Gasteiger partial charge in [-0.2, -0.15) is 0 Å². The van der Waals surface area contributed by atoms with E-state index < -0.39 is 11.8 Å². The molecule has 2 aromatic carbocycles. The van der Waals surface area contributed by atoms with Crippen LogP contribution in [0.5, 0.6) is 0 Å². The van der Waals surface area contributed by atoms with Gasteiger partial charge in [0.05, 0.1) is 35.7 Å². The third-order valence-electron chi connectivity index (χ3n) is 5.83. The lowest BCUT2D eigenvalue weighted by molar-refractivity contribution is -0.137. The lowest BCUT2D eigenvalue weighted by atomic mass is 9.92. The van der Waals surface area contributed by atoms with E-state index in [1.807, 2.05) is 25.1 Å². The molecule has 0 aromatic heterocycles. The van der Waals surface area contributed by atoms with Crippen molar-refractivity contribution in [3.8, 4) is 0 Å². The average Bonchev–Trinajstić information content (AvgIpc) is 2.77. The van der Waals surface area contributed by atoms with Crippen molar-refractivity contribution in [2.75, 3.05) is 48.7 Å². The Kier molecular flexibility index (Phi) is 8.99. The van der Waals surface area contributed by atoms with E-state index in [-0.39, 0.29) is 31.4 Å². The van der Waals surface area contributed by atoms with E-state index in [2.05, 4.69) is 29.4 Å². The first kappa shape index (κ1) is 26.1. The number of carboxylic acids is 1. The molecule has 34 heavy (non-hydrogen) atoms. The van der Waals surface area contributed by atoms with Gasteiger partial charge in [-0.1, -0.05) is 24.6 Å². The molecule has 0 amide bonds. The number of hydrogen-bond donors (Lipinski definition) is 3. The van der Waals surface area contributed by atoms with Crippen molar-refractivity contribution in [1.82, 2.24) is 0 Å². The van der Waals surface area contributed by atoms with E-state index in [4.69, 9.17) is 21.1 Å². The van der Waals surface area contributed by atoms with E-state index >= 15 is 0 Å². The smallest absolute Gasteiger partial charge is 0.303 e. The van der Waals surface area contributed by atoms with Gasteiger partial charge in [-0.25, -0.2) is 4.39 Å². The van der Waals surface area contributed by atoms with E-state index in [0.29, 0.717) is 17.3 Å². The minimum Gasteiger partial charge on any atom is -0.481 e. The number of nitrogens with zero attached hydrogens (tertiary/aromatic N) is 1. The van der Waals surface area contributed by atoms with E-state index in [9.17, 15) is 14.3 Å². The highest BCUT2D eigenvalue weighted by Crippen LogP contribution is 2.34. The molecule has 9 heteroatoms. The number of anilines is 3. The summed E-state index contributed by atoms with van der Waals surface area (Å²) in [5.41, 5.74) is 2.86. The predicted octanol–water partition coefficient (Wildman–Crippen LogP) is 5.52. The molecule has 1 fully saturated rings. The molecule has 3 N–H and O–H groups in total. The van der Waals surface area contributed by atoms with Gasteiger partial charge in [0.2, 0.25) is 0 Å². The number of hydrogen-bond acceptors (Lipinski definition) is 6. The van der Waals surface area contributed by atoms with Gasteiger partial charge in [-0.3, -0.25) is 4.79 Å². The normalized spacial score (nSPS) is 16.2. The first-order valence-electron chi connectivity index (χ1n) is 11.4. The fourth-order valence-corrected chi connectivity index (χ4v) is 4.26. The summed E-state index contributed by atoms with van der Waals surface area (Å²) in [5.74, 6) is -1.34. The molecule has 3 rings (SSSR count). The van der Waals surface area contributed by atoms with Crippen LogP contribution < -0.4 is 15.5 Å². The molecule has 186 valence electrons. The lowest BCUT2D eigenvalue weighted by Gasteiger charge is -2.40. The van der Waals surface area contributed by atoms with Crippen LogP contribution in [0.3, 0.4) is 0 Å². The molecule has 1 aliphatic heterocycles. The molecule has 1 heterocycles. The fraction of sp³-hybridized carbons (Fsp3) is 0.480. The van der Waals surface area contributed by atoms with Gasteiger partial charge in [-0.15, -0.1) is 0 Å². The Morgan fingerprint density at radius 1 is 1.24 bits per heavy atom. The largest absolute Gasteiger partial charge is 0.481 e. The van der Waals surface area contributed by atoms with Crippen molar-refractivity contribution in [3.05, 3.63) is 52.8 Å². The summed E-state index contributed by atoms with van der Waals surface area (Å²) >= 11 is 5.78. The Hall–Kier alpha value is -2.55. The molecular weight excluding hydrogens is 461 g/mol. The quantitative estimate of drug-likeness (QED) is 0.281. The van der Waals surface area contributed by atoms with Gasteiger partial charge < -0.3 is 30.1 Å². The highest BCUT2D eigenvalue weighted by Gasteiger charge is 2.28. The highest BCUT2D eigenvalue weighted by molar-refractivity contribution is 6.30. The zero-order chi connectivity index (χ0) is 24.7. The van der Waals surface area contributed by atoms with Crippen LogP contribution in [0.1, 0.15) is 45.1 Å². The van der Waals surface area contributed by atoms with E-state index in [0.717, 1.165) is 36.4 Å². The highest BCUT2D eigenvalue weighted by atomic mass is 35.5. The predicted molar refractivity (Wildman–Crippen MR) is 133 cm³/mol. The van der Waals surface area contributed by atoms with Gasteiger partial charge in [0.1, 0.15) is 19.3 Å². The molecule has 1 atom stereocenters. The zero-order valence-corrected chi connectivity index (χ0v) is 20.6. The van der Waals surface area contributed by atoms with Gasteiger partial charge in [0.25, 0.3) is 0 Å². The van der Waals surface area contributed by atoms with E-state index in [1.54, 1.807) is 12.1 Å². The third kappa shape index (κ3) is 7.22. The number of aliphatic carboxylic acids is 1. The monoisotopic (exact) mass is 493 g/mol. The van der Waals surface area contributed by atoms with Gasteiger partial charge in [0.15, 0.2) is 0 Å². The number of rotatable bonds is 11. The Morgan fingerprint density at radius 3 is 2.62 bits per heavy atom. The number of carbonyl (C=O) groups is 1. The van der Waals surface area contributed by atoms with Crippen LogP contribution in [0.25, 0.3) is 0 Å². The summed E-state index contributed by atoms with van der Waals surface area (Å²) in [5, 5.41) is 15.8. The molecule has 2 aromatic rings. The SMILES string of the molecule is CCC(CC(=O)O)c1ccc(N2CCOC(C)(C)C2)c(NCOCNc2ccc(Cl)cc2F)c1. The second-order valence-corrected chi connectivity index (χ2v) is 9.42. The molecule has 0 bridgehead atoms. The summed E-state index contributed by atoms with van der Waals surface area (Å²) in [6.07, 6.45) is 0.801. The maximum atomic E-state index is 13.9. The van der Waals surface area contributed by atoms with Gasteiger partial charge >= 0.3 is 5.97 Å². The first-order chi connectivity index (χ1) is 16.2. The Balaban J connectivity index is 1.70. The van der Waals surface area contributed by atoms with Crippen LogP contribution in [0.4, 0.5) is 21.5 Å². The summed E-state index contributed by atoms with van der Waals surface area (Å²) in [4.78, 5) is 13.6. The van der Waals surface area contributed by atoms with Crippen LogP contribution in [0, 0.1) is 5.82 Å². The Labute approximate surface area is 205 Å². The number of ether oxygens (including phenoxy) is 2. The molecule has 1 unspecified atom stereocenters. The maximum Gasteiger partial charge on any atom is 0.303 e. The topological polar surface area (TPSA) is 83.1 Å². The van der Waals surface area contributed by atoms with Crippen molar-refractivity contribution >= 4 is 34.6 Å². The number of morpholine rings is 1. The molecule has 1 aliphatic rings. The van der Waals surface area contributed by atoms with Crippen LogP contribution >= 0.6 is 11.6 Å². The summed E-state index contributed by atoms with van der Waals surface area (Å²) in [6, 6.07) is 10.4. The summed E-state index contributed by atoms with van der Waals surface area (Å²) in [6.45, 7) is 8.50. The number of carboxylic acid groups (broad SMARTS) is 1. The number of halogens is 2. The second-order valence-electron chi connectivity index (χ2n) is 8.98. The van der Waals surface area contributed by atoms with Gasteiger partial charge in [0, 0.05) is 18.1 Å². The number of benzene rings is 2. The van der Waals surface area contributed by atoms with Crippen LogP contribution in [-0.2, 0) is 14.3 Å². The molecule has 0 radical (unpaired) electrons. The van der Waals surface area contributed by atoms with Crippen molar-refractivity contribution in [2.45, 2.75) is 45.1 Å². The standard InChI is InChI=1S/C25H33ClFN3O4/c1-4-17(12-24(31)32)18-5-8-23(30-9-10-34-25(2,3)14-30)22(11-18)29-16-33-15-28-21-7-6-19(26)13-20(21)27/h5-8,11,13,17,28-29H,4,9-10,12,14-16H2,1-3H3,(H,31,32). The zero-order valence-electron chi connectivity index (χ0n) is 19.9. The minimum atomic E-state index is -0.816. The third-order valence-corrected chi connectivity index (χ3v) is 6.07. The minimum absolute atomic E-state index is 0.0763. The Bertz CT molecular complexity index is 989. The molecule has 0 aliphatic carbocycles. The second kappa shape index (κ2) is 11.7. The first-order valence-corrected chi connectivity index (χ1v) is 11.8. The van der Waals surface area contributed by atoms with Crippen LogP contribution in [0.15, 0.2) is 36.4 Å². The summed E-state index contributed by atoms with van der Waals surface area (Å²) in [7, 11) is 0. The average molecular weight is 494 g/mol. The molecule has 0 saturated carbocycles. The lowest BCUT2D eigenvalue weighted by Crippen LogP contribution is -2.48. The van der Waals surface area contributed by atoms with Crippen molar-refractivity contribution in [1.29, 1.82) is 0 Å². The van der Waals surface area contributed by atoms with Crippen molar-refractivity contribution in [2.24, 2.45) is 0 Å². The fourth-order valence-electron chi connectivity index (χ4n) is 4.10. The summed E-state index contributed by atoms with van der Waals surface area (Å²) < 4.78 is 25.4.